The second-order valence-corrected chi connectivity index (χ2v) is 3.73. The Balaban J connectivity index is 2.25. The number of nitrogen functional groups attached to an aromatic ring is 1. The maximum Gasteiger partial charge on any atom is 0.240 e. The molecule has 5 heteroatoms. The molecule has 1 heterocycles. The number of para-hydroxylation sites is 2. The molecule has 0 fully saturated rings. The van der Waals surface area contributed by atoms with Crippen LogP contribution in [0.3, 0.4) is 0 Å². The van der Waals surface area contributed by atoms with E-state index in [1.54, 1.807) is 25.3 Å². The molecule has 0 aliphatic carbocycles. The van der Waals surface area contributed by atoms with Crippen molar-refractivity contribution in [3.8, 4) is 23.3 Å². The van der Waals surface area contributed by atoms with Crippen LogP contribution in [0.15, 0.2) is 36.4 Å². The van der Waals surface area contributed by atoms with E-state index in [4.69, 9.17) is 19.9 Å². The van der Waals surface area contributed by atoms with Crippen molar-refractivity contribution in [1.29, 1.82) is 0 Å². The van der Waals surface area contributed by atoms with E-state index in [0.717, 1.165) is 0 Å². The molecule has 0 saturated heterocycles. The molecule has 2 N–H and O–H groups in total. The molecular formula is C14H16N2O3. The minimum atomic E-state index is 0.370. The van der Waals surface area contributed by atoms with Gasteiger partial charge < -0.3 is 19.9 Å². The van der Waals surface area contributed by atoms with Crippen molar-refractivity contribution in [2.45, 2.75) is 6.92 Å². The topological polar surface area (TPSA) is 66.6 Å². The van der Waals surface area contributed by atoms with Gasteiger partial charge in [-0.2, -0.15) is 4.98 Å². The highest BCUT2D eigenvalue weighted by atomic mass is 16.5. The number of nitrogens with two attached hydrogens (primary N) is 1. The number of nitrogens with zero attached hydrogens (tertiary/aromatic N) is 1. The Labute approximate surface area is 111 Å². The fourth-order valence-corrected chi connectivity index (χ4v) is 1.56. The Morgan fingerprint density at radius 2 is 1.84 bits per heavy atom. The van der Waals surface area contributed by atoms with Gasteiger partial charge in [-0.05, 0) is 25.1 Å². The lowest BCUT2D eigenvalue weighted by Gasteiger charge is -2.11. The van der Waals surface area contributed by atoms with Crippen LogP contribution in [-0.2, 0) is 0 Å². The summed E-state index contributed by atoms with van der Waals surface area (Å²) in [6.07, 6.45) is 0. The molecule has 0 spiro atoms. The summed E-state index contributed by atoms with van der Waals surface area (Å²) in [6, 6.07) is 10.7. The van der Waals surface area contributed by atoms with Crippen LogP contribution in [0.5, 0.6) is 23.3 Å². The lowest BCUT2D eigenvalue weighted by Crippen LogP contribution is -2.00. The minimum absolute atomic E-state index is 0.370. The molecular weight excluding hydrogens is 244 g/mol. The second kappa shape index (κ2) is 5.95. The van der Waals surface area contributed by atoms with Gasteiger partial charge in [-0.15, -0.1) is 0 Å². The fraction of sp³-hybridized carbons (Fsp3) is 0.214. The summed E-state index contributed by atoms with van der Waals surface area (Å²) in [5, 5.41) is 0. The first-order valence-corrected chi connectivity index (χ1v) is 5.94. The van der Waals surface area contributed by atoms with Crippen LogP contribution in [0.2, 0.25) is 0 Å². The van der Waals surface area contributed by atoms with Crippen LogP contribution in [0.4, 0.5) is 5.69 Å². The molecule has 0 amide bonds. The Morgan fingerprint density at radius 1 is 1.11 bits per heavy atom. The summed E-state index contributed by atoms with van der Waals surface area (Å²) >= 11 is 0. The van der Waals surface area contributed by atoms with Crippen LogP contribution in [0.1, 0.15) is 6.92 Å². The number of benzene rings is 1. The van der Waals surface area contributed by atoms with Crippen LogP contribution in [0.25, 0.3) is 0 Å². The largest absolute Gasteiger partial charge is 0.493 e. The summed E-state index contributed by atoms with van der Waals surface area (Å²) in [7, 11) is 1.59. The van der Waals surface area contributed by atoms with E-state index >= 15 is 0 Å². The molecule has 0 radical (unpaired) electrons. The van der Waals surface area contributed by atoms with E-state index in [1.165, 1.54) is 0 Å². The van der Waals surface area contributed by atoms with Crippen molar-refractivity contribution < 1.29 is 14.2 Å². The highest BCUT2D eigenvalue weighted by Gasteiger charge is 2.08. The van der Waals surface area contributed by atoms with Crippen LogP contribution in [-0.4, -0.2) is 18.7 Å². The normalized spacial score (nSPS) is 10.0. The molecule has 0 unspecified atom stereocenters. The van der Waals surface area contributed by atoms with Crippen molar-refractivity contribution >= 4 is 5.69 Å². The average molecular weight is 260 g/mol. The van der Waals surface area contributed by atoms with E-state index < -0.39 is 0 Å². The number of hydrogen-bond acceptors (Lipinski definition) is 5. The molecule has 1 aromatic heterocycles. The van der Waals surface area contributed by atoms with Crippen LogP contribution < -0.4 is 19.9 Å². The highest BCUT2D eigenvalue weighted by molar-refractivity contribution is 5.50. The standard InChI is InChI=1S/C14H16N2O3/c1-3-18-14-10(15)8-9-13(16-14)19-12-7-5-4-6-11(12)17-2/h4-9H,3,15H2,1-2H3. The molecule has 2 rings (SSSR count). The van der Waals surface area contributed by atoms with Crippen LogP contribution in [0, 0.1) is 0 Å². The first-order chi connectivity index (χ1) is 9.24. The maximum atomic E-state index is 5.76. The summed E-state index contributed by atoms with van der Waals surface area (Å²) in [5.41, 5.74) is 6.24. The third-order valence-corrected chi connectivity index (χ3v) is 2.43. The van der Waals surface area contributed by atoms with Gasteiger partial charge in [0.1, 0.15) is 0 Å². The van der Waals surface area contributed by atoms with E-state index in [9.17, 15) is 0 Å². The number of methoxy groups -OCH3 is 1. The number of hydrogen-bond donors (Lipinski definition) is 1. The predicted molar refractivity (Wildman–Crippen MR) is 72.9 cm³/mol. The lowest BCUT2D eigenvalue weighted by molar-refractivity contribution is 0.321. The highest BCUT2D eigenvalue weighted by Crippen LogP contribution is 2.31. The number of ether oxygens (including phenoxy) is 3. The van der Waals surface area contributed by atoms with Gasteiger partial charge in [0.25, 0.3) is 0 Å². The lowest BCUT2D eigenvalue weighted by atomic mass is 10.3. The Bertz CT molecular complexity index is 558. The minimum Gasteiger partial charge on any atom is -0.493 e. The fourth-order valence-electron chi connectivity index (χ4n) is 1.56. The van der Waals surface area contributed by atoms with Gasteiger partial charge in [-0.3, -0.25) is 0 Å². The van der Waals surface area contributed by atoms with Gasteiger partial charge in [-0.1, -0.05) is 12.1 Å². The number of aromatic nitrogens is 1. The smallest absolute Gasteiger partial charge is 0.240 e. The zero-order valence-corrected chi connectivity index (χ0v) is 10.9. The number of pyridine rings is 1. The monoisotopic (exact) mass is 260 g/mol. The second-order valence-electron chi connectivity index (χ2n) is 3.73. The first-order valence-electron chi connectivity index (χ1n) is 5.94. The average Bonchev–Trinajstić information content (AvgIpc) is 2.43. The van der Waals surface area contributed by atoms with E-state index in [0.29, 0.717) is 35.6 Å². The third kappa shape index (κ3) is 3.07. The van der Waals surface area contributed by atoms with E-state index in [-0.39, 0.29) is 0 Å². The van der Waals surface area contributed by atoms with Gasteiger partial charge in [0.2, 0.25) is 11.8 Å². The Hall–Kier alpha value is -2.43. The van der Waals surface area contributed by atoms with Crippen molar-refractivity contribution in [1.82, 2.24) is 4.98 Å². The zero-order chi connectivity index (χ0) is 13.7. The van der Waals surface area contributed by atoms with Crippen molar-refractivity contribution in [2.75, 3.05) is 19.5 Å². The number of rotatable bonds is 5. The van der Waals surface area contributed by atoms with Gasteiger partial charge in [0.15, 0.2) is 11.5 Å². The first kappa shape index (κ1) is 13.0. The third-order valence-electron chi connectivity index (χ3n) is 2.43. The quantitative estimate of drug-likeness (QED) is 0.895. The predicted octanol–water partition coefficient (Wildman–Crippen LogP) is 2.86. The van der Waals surface area contributed by atoms with Gasteiger partial charge in [0, 0.05) is 6.07 Å². The van der Waals surface area contributed by atoms with Gasteiger partial charge in [0.05, 0.1) is 19.4 Å². The molecule has 1 aromatic carbocycles. The molecule has 0 aliphatic rings. The summed E-state index contributed by atoms with van der Waals surface area (Å²) in [5.74, 6) is 2.00. The zero-order valence-electron chi connectivity index (χ0n) is 10.9. The molecule has 0 atom stereocenters. The molecule has 0 bridgehead atoms. The van der Waals surface area contributed by atoms with E-state index in [2.05, 4.69) is 4.98 Å². The van der Waals surface area contributed by atoms with Crippen LogP contribution >= 0.6 is 0 Å². The molecule has 100 valence electrons. The molecule has 19 heavy (non-hydrogen) atoms. The molecule has 0 aliphatic heterocycles. The summed E-state index contributed by atoms with van der Waals surface area (Å²) in [4.78, 5) is 4.21. The van der Waals surface area contributed by atoms with Crippen molar-refractivity contribution in [3.05, 3.63) is 36.4 Å². The molecule has 0 saturated carbocycles. The Morgan fingerprint density at radius 3 is 2.53 bits per heavy atom. The maximum absolute atomic E-state index is 5.76. The SMILES string of the molecule is CCOc1nc(Oc2ccccc2OC)ccc1N. The number of anilines is 1. The Kier molecular flexibility index (Phi) is 4.07. The molecule has 5 nitrogen and oxygen atoms in total. The van der Waals surface area contributed by atoms with Gasteiger partial charge in [-0.25, -0.2) is 0 Å². The van der Waals surface area contributed by atoms with Crippen molar-refractivity contribution in [3.63, 3.8) is 0 Å². The van der Waals surface area contributed by atoms with Gasteiger partial charge >= 0.3 is 0 Å². The summed E-state index contributed by atoms with van der Waals surface area (Å²) in [6.45, 7) is 2.37. The summed E-state index contributed by atoms with van der Waals surface area (Å²) < 4.78 is 16.2. The van der Waals surface area contributed by atoms with E-state index in [1.807, 2.05) is 25.1 Å². The van der Waals surface area contributed by atoms with Crippen molar-refractivity contribution in [2.24, 2.45) is 0 Å². The molecule has 2 aromatic rings.